The Morgan fingerprint density at radius 1 is 1.30 bits per heavy atom. The maximum absolute atomic E-state index is 11.9. The summed E-state index contributed by atoms with van der Waals surface area (Å²) < 4.78 is 5.33. The van der Waals surface area contributed by atoms with Crippen molar-refractivity contribution < 1.29 is 9.53 Å². The number of alkyl carbamates (subject to hydrolysis) is 1. The van der Waals surface area contributed by atoms with Crippen LogP contribution in [0.3, 0.4) is 0 Å². The number of aliphatic imine (C=N–C) groups is 1. The van der Waals surface area contributed by atoms with Crippen LogP contribution in [0.5, 0.6) is 0 Å². The SMILES string of the molecule is CN=C(NCCc1ccc(C)cc1)N1CCC(NC(=O)OC(C)(C)C)C1.I. The Labute approximate surface area is 180 Å². The molecule has 1 atom stereocenters. The molecule has 2 rings (SSSR count). The Bertz CT molecular complexity index is 626. The van der Waals surface area contributed by atoms with E-state index in [1.807, 2.05) is 20.8 Å². The molecule has 0 aromatic heterocycles. The standard InChI is InChI=1S/C20H32N4O2.HI/c1-15-6-8-16(9-7-15)10-12-22-18(21-5)24-13-11-17(14-24)23-19(25)26-20(2,3)4;/h6-9,17H,10-14H2,1-5H3,(H,21,22)(H,23,25);1H. The van der Waals surface area contributed by atoms with Crippen LogP contribution in [0.15, 0.2) is 29.3 Å². The molecule has 152 valence electrons. The van der Waals surface area contributed by atoms with Gasteiger partial charge in [-0.15, -0.1) is 24.0 Å². The van der Waals surface area contributed by atoms with E-state index in [0.717, 1.165) is 38.4 Å². The van der Waals surface area contributed by atoms with Gasteiger partial charge in [-0.05, 0) is 46.1 Å². The molecule has 0 bridgehead atoms. The lowest BCUT2D eigenvalue weighted by Gasteiger charge is -2.23. The molecule has 6 nitrogen and oxygen atoms in total. The molecule has 0 radical (unpaired) electrons. The van der Waals surface area contributed by atoms with Gasteiger partial charge in [-0.3, -0.25) is 4.99 Å². The third-order valence-electron chi connectivity index (χ3n) is 4.24. The fourth-order valence-corrected chi connectivity index (χ4v) is 2.95. The summed E-state index contributed by atoms with van der Waals surface area (Å²) in [6.07, 6.45) is 1.48. The molecular formula is C20H33IN4O2. The van der Waals surface area contributed by atoms with Gasteiger partial charge in [-0.2, -0.15) is 0 Å². The minimum atomic E-state index is -0.476. The number of aryl methyl sites for hydroxylation is 1. The van der Waals surface area contributed by atoms with Gasteiger partial charge < -0.3 is 20.3 Å². The second-order valence-corrected chi connectivity index (χ2v) is 7.79. The number of carbonyl (C=O) groups is 1. The van der Waals surface area contributed by atoms with Gasteiger partial charge in [0.15, 0.2) is 5.96 Å². The molecule has 0 spiro atoms. The molecule has 1 fully saturated rings. The average molecular weight is 488 g/mol. The summed E-state index contributed by atoms with van der Waals surface area (Å²) in [4.78, 5) is 18.5. The Hall–Kier alpha value is -1.51. The van der Waals surface area contributed by atoms with E-state index in [9.17, 15) is 4.79 Å². The molecular weight excluding hydrogens is 455 g/mol. The first-order valence-electron chi connectivity index (χ1n) is 9.27. The van der Waals surface area contributed by atoms with E-state index >= 15 is 0 Å². The van der Waals surface area contributed by atoms with Gasteiger partial charge in [0.2, 0.25) is 0 Å². The zero-order chi connectivity index (χ0) is 19.2. The van der Waals surface area contributed by atoms with Gasteiger partial charge >= 0.3 is 6.09 Å². The summed E-state index contributed by atoms with van der Waals surface area (Å²) >= 11 is 0. The van der Waals surface area contributed by atoms with Gasteiger partial charge in [0, 0.05) is 26.7 Å². The number of likely N-dealkylation sites (tertiary alicyclic amines) is 1. The number of halogens is 1. The van der Waals surface area contributed by atoms with Crippen LogP contribution in [0.4, 0.5) is 4.79 Å². The number of amides is 1. The lowest BCUT2D eigenvalue weighted by atomic mass is 10.1. The van der Waals surface area contributed by atoms with Gasteiger partial charge in [-0.25, -0.2) is 4.79 Å². The summed E-state index contributed by atoms with van der Waals surface area (Å²) in [5, 5.41) is 6.36. The maximum atomic E-state index is 11.9. The largest absolute Gasteiger partial charge is 0.444 e. The monoisotopic (exact) mass is 488 g/mol. The number of ether oxygens (including phenoxy) is 1. The van der Waals surface area contributed by atoms with Crippen molar-refractivity contribution in [3.63, 3.8) is 0 Å². The highest BCUT2D eigenvalue weighted by Gasteiger charge is 2.27. The first-order chi connectivity index (χ1) is 12.3. The fourth-order valence-electron chi connectivity index (χ4n) is 2.95. The Kier molecular flexibility index (Phi) is 9.35. The number of rotatable bonds is 4. The van der Waals surface area contributed by atoms with Crippen molar-refractivity contribution in [2.75, 3.05) is 26.7 Å². The summed E-state index contributed by atoms with van der Waals surface area (Å²) in [6, 6.07) is 8.68. The van der Waals surface area contributed by atoms with Crippen LogP contribution in [0.2, 0.25) is 0 Å². The highest BCUT2D eigenvalue weighted by Crippen LogP contribution is 2.12. The third kappa shape index (κ3) is 8.36. The molecule has 1 aromatic rings. The van der Waals surface area contributed by atoms with E-state index in [-0.39, 0.29) is 36.1 Å². The molecule has 1 aliphatic rings. The van der Waals surface area contributed by atoms with Gasteiger partial charge in [0.05, 0.1) is 6.04 Å². The van der Waals surface area contributed by atoms with Gasteiger partial charge in [0.25, 0.3) is 0 Å². The lowest BCUT2D eigenvalue weighted by Crippen LogP contribution is -2.44. The van der Waals surface area contributed by atoms with Crippen molar-refractivity contribution in [3.8, 4) is 0 Å². The molecule has 27 heavy (non-hydrogen) atoms. The second-order valence-electron chi connectivity index (χ2n) is 7.79. The van der Waals surface area contributed by atoms with Crippen LogP contribution in [-0.4, -0.2) is 55.3 Å². The first-order valence-corrected chi connectivity index (χ1v) is 9.27. The highest BCUT2D eigenvalue weighted by molar-refractivity contribution is 14.0. The van der Waals surface area contributed by atoms with Crippen LogP contribution in [0, 0.1) is 6.92 Å². The summed E-state index contributed by atoms with van der Waals surface area (Å²) in [6.45, 7) is 10.1. The minimum Gasteiger partial charge on any atom is -0.444 e. The Morgan fingerprint density at radius 2 is 1.96 bits per heavy atom. The van der Waals surface area contributed by atoms with E-state index in [0.29, 0.717) is 0 Å². The number of guanidine groups is 1. The fraction of sp³-hybridized carbons (Fsp3) is 0.600. The van der Waals surface area contributed by atoms with Crippen LogP contribution in [0.1, 0.15) is 38.3 Å². The zero-order valence-corrected chi connectivity index (χ0v) is 19.4. The van der Waals surface area contributed by atoms with Gasteiger partial charge in [-0.1, -0.05) is 29.8 Å². The summed E-state index contributed by atoms with van der Waals surface area (Å²) in [5.41, 5.74) is 2.11. The van der Waals surface area contributed by atoms with E-state index in [1.165, 1.54) is 11.1 Å². The molecule has 0 saturated carbocycles. The molecule has 1 unspecified atom stereocenters. The van der Waals surface area contributed by atoms with E-state index < -0.39 is 5.60 Å². The molecule has 2 N–H and O–H groups in total. The molecule has 7 heteroatoms. The number of benzene rings is 1. The number of hydrogen-bond donors (Lipinski definition) is 2. The van der Waals surface area contributed by atoms with Gasteiger partial charge in [0.1, 0.15) is 5.60 Å². The number of nitrogens with one attached hydrogen (secondary N) is 2. The summed E-state index contributed by atoms with van der Waals surface area (Å²) in [5.74, 6) is 0.880. The van der Waals surface area contributed by atoms with Crippen molar-refractivity contribution in [3.05, 3.63) is 35.4 Å². The maximum Gasteiger partial charge on any atom is 0.407 e. The van der Waals surface area contributed by atoms with Crippen LogP contribution < -0.4 is 10.6 Å². The van der Waals surface area contributed by atoms with Crippen molar-refractivity contribution in [2.24, 2.45) is 4.99 Å². The molecule has 1 heterocycles. The smallest absolute Gasteiger partial charge is 0.407 e. The quantitative estimate of drug-likeness (QED) is 0.388. The van der Waals surface area contributed by atoms with Crippen molar-refractivity contribution >= 4 is 36.0 Å². The second kappa shape index (κ2) is 10.7. The molecule has 1 aromatic carbocycles. The molecule has 1 aliphatic heterocycles. The van der Waals surface area contributed by atoms with Crippen molar-refractivity contribution in [2.45, 2.75) is 52.2 Å². The normalized spacial score (nSPS) is 17.3. The zero-order valence-electron chi connectivity index (χ0n) is 17.0. The molecule has 1 amide bonds. The van der Waals surface area contributed by atoms with E-state index in [2.05, 4.69) is 51.7 Å². The highest BCUT2D eigenvalue weighted by atomic mass is 127. The Balaban J connectivity index is 0.00000364. The lowest BCUT2D eigenvalue weighted by molar-refractivity contribution is 0.0507. The topological polar surface area (TPSA) is 66.0 Å². The average Bonchev–Trinajstić information content (AvgIpc) is 2.99. The predicted octanol–water partition coefficient (Wildman–Crippen LogP) is 3.33. The van der Waals surface area contributed by atoms with Crippen LogP contribution in [-0.2, 0) is 11.2 Å². The van der Waals surface area contributed by atoms with E-state index in [1.54, 1.807) is 7.05 Å². The number of nitrogens with zero attached hydrogens (tertiary/aromatic N) is 2. The van der Waals surface area contributed by atoms with Crippen LogP contribution in [0.25, 0.3) is 0 Å². The third-order valence-corrected chi connectivity index (χ3v) is 4.24. The van der Waals surface area contributed by atoms with Crippen molar-refractivity contribution in [1.82, 2.24) is 15.5 Å². The van der Waals surface area contributed by atoms with Crippen molar-refractivity contribution in [1.29, 1.82) is 0 Å². The van der Waals surface area contributed by atoms with Crippen LogP contribution >= 0.6 is 24.0 Å². The Morgan fingerprint density at radius 3 is 2.56 bits per heavy atom. The first kappa shape index (κ1) is 23.5. The summed E-state index contributed by atoms with van der Waals surface area (Å²) in [7, 11) is 1.79. The number of carbonyl (C=O) groups excluding carboxylic acids is 1. The molecule has 0 aliphatic carbocycles. The van der Waals surface area contributed by atoms with E-state index in [4.69, 9.17) is 4.74 Å². The number of hydrogen-bond acceptors (Lipinski definition) is 3. The molecule has 1 saturated heterocycles. The minimum absolute atomic E-state index is 0. The predicted molar refractivity (Wildman–Crippen MR) is 121 cm³/mol.